The first-order valence-electron chi connectivity index (χ1n) is 8.05. The largest absolute Gasteiger partial charge is 0.508 e. The predicted octanol–water partition coefficient (Wildman–Crippen LogP) is 3.25. The fourth-order valence-electron chi connectivity index (χ4n) is 5.36. The second kappa shape index (κ2) is 4.33. The lowest BCUT2D eigenvalue weighted by Crippen LogP contribution is -2.44. The highest BCUT2D eigenvalue weighted by molar-refractivity contribution is 5.99. The van der Waals surface area contributed by atoms with Crippen molar-refractivity contribution in [3.05, 3.63) is 29.3 Å². The number of hydrogen-bond donors (Lipinski definition) is 2. The summed E-state index contributed by atoms with van der Waals surface area (Å²) in [5.41, 5.74) is 1.84. The van der Waals surface area contributed by atoms with Crippen molar-refractivity contribution in [2.24, 2.45) is 17.3 Å². The Morgan fingerprint density at radius 3 is 2.86 bits per heavy atom. The number of phenolic OH excluding ortho intramolecular Hbond substituents is 1. The number of carbonyl (C=O) groups is 1. The summed E-state index contributed by atoms with van der Waals surface area (Å²) in [4.78, 5) is 12.5. The van der Waals surface area contributed by atoms with Crippen LogP contribution in [0.2, 0.25) is 0 Å². The zero-order valence-corrected chi connectivity index (χ0v) is 12.4. The molecular formula is C18H22O3. The Hall–Kier alpha value is -1.35. The average Bonchev–Trinajstić information content (AvgIpc) is 2.76. The van der Waals surface area contributed by atoms with Crippen molar-refractivity contribution < 1.29 is 15.0 Å². The van der Waals surface area contributed by atoms with Crippen molar-refractivity contribution in [2.45, 2.75) is 51.0 Å². The number of aromatic hydroxyl groups is 1. The summed E-state index contributed by atoms with van der Waals surface area (Å²) in [6, 6.07) is 5.27. The second-order valence-electron chi connectivity index (χ2n) is 7.41. The van der Waals surface area contributed by atoms with Crippen molar-refractivity contribution in [3.63, 3.8) is 0 Å². The van der Waals surface area contributed by atoms with Gasteiger partial charge in [0.05, 0.1) is 6.10 Å². The average molecular weight is 286 g/mol. The molecule has 3 heteroatoms. The molecule has 0 unspecified atom stereocenters. The number of aliphatic hydroxyl groups is 1. The minimum absolute atomic E-state index is 0.00410. The van der Waals surface area contributed by atoms with E-state index in [0.29, 0.717) is 24.2 Å². The Morgan fingerprint density at radius 2 is 2.05 bits per heavy atom. The number of aliphatic hydroxyl groups excluding tert-OH is 1. The van der Waals surface area contributed by atoms with Crippen molar-refractivity contribution in [2.75, 3.05) is 0 Å². The number of benzene rings is 1. The van der Waals surface area contributed by atoms with Gasteiger partial charge in [0.25, 0.3) is 0 Å². The van der Waals surface area contributed by atoms with Crippen LogP contribution < -0.4 is 0 Å². The Balaban J connectivity index is 1.77. The molecule has 2 saturated carbocycles. The van der Waals surface area contributed by atoms with E-state index < -0.39 is 0 Å². The van der Waals surface area contributed by atoms with Crippen LogP contribution in [-0.4, -0.2) is 22.1 Å². The van der Waals surface area contributed by atoms with E-state index >= 15 is 0 Å². The van der Waals surface area contributed by atoms with Gasteiger partial charge in [0.2, 0.25) is 0 Å². The molecule has 0 saturated heterocycles. The highest BCUT2D eigenvalue weighted by Crippen LogP contribution is 2.60. The summed E-state index contributed by atoms with van der Waals surface area (Å²) in [6.45, 7) is 2.21. The lowest BCUT2D eigenvalue weighted by Gasteiger charge is -2.49. The van der Waals surface area contributed by atoms with Crippen LogP contribution in [0.3, 0.4) is 0 Å². The molecule has 0 bridgehead atoms. The van der Waals surface area contributed by atoms with Crippen LogP contribution in [0, 0.1) is 17.3 Å². The first kappa shape index (κ1) is 13.3. The van der Waals surface area contributed by atoms with E-state index in [4.69, 9.17) is 0 Å². The zero-order chi connectivity index (χ0) is 14.8. The van der Waals surface area contributed by atoms with Crippen molar-refractivity contribution in [1.29, 1.82) is 0 Å². The molecule has 1 aromatic rings. The molecule has 21 heavy (non-hydrogen) atoms. The standard InChI is InChI=1S/C18H22O3/c1-18-7-6-12-11-3-2-10(19)8-14(11)16(20)9-13(12)15(18)4-5-17(18)21/h2-3,8,12-13,15,17,19,21H,4-7,9H2,1H3/t12-,13-,15-,17-,18+/m0/s1. The third-order valence-electron chi connectivity index (χ3n) is 6.54. The number of phenols is 1. The normalized spacial score (nSPS) is 41.3. The first-order chi connectivity index (χ1) is 10.0. The fourth-order valence-corrected chi connectivity index (χ4v) is 5.36. The van der Waals surface area contributed by atoms with Crippen molar-refractivity contribution >= 4 is 5.78 Å². The molecule has 5 atom stereocenters. The number of Topliss-reactive ketones (excluding diaryl/α,β-unsaturated/α-hetero) is 1. The van der Waals surface area contributed by atoms with E-state index in [1.54, 1.807) is 12.1 Å². The molecule has 0 spiro atoms. The molecule has 2 fully saturated rings. The van der Waals surface area contributed by atoms with Crippen LogP contribution in [0.15, 0.2) is 18.2 Å². The van der Waals surface area contributed by atoms with Crippen LogP contribution in [0.25, 0.3) is 0 Å². The maximum absolute atomic E-state index is 12.5. The van der Waals surface area contributed by atoms with Gasteiger partial charge in [-0.1, -0.05) is 13.0 Å². The van der Waals surface area contributed by atoms with Crippen LogP contribution in [0.1, 0.15) is 60.9 Å². The SMILES string of the molecule is C[C@@]12CC[C@H]3c4ccc(O)cc4C(=O)C[C@@H]3[C@@H]1CC[C@@H]2O. The molecule has 3 nitrogen and oxygen atoms in total. The van der Waals surface area contributed by atoms with Gasteiger partial charge in [0, 0.05) is 12.0 Å². The monoisotopic (exact) mass is 286 g/mol. The van der Waals surface area contributed by atoms with E-state index in [1.807, 2.05) is 6.07 Å². The Morgan fingerprint density at radius 1 is 1.24 bits per heavy atom. The van der Waals surface area contributed by atoms with Crippen LogP contribution in [0.4, 0.5) is 0 Å². The maximum Gasteiger partial charge on any atom is 0.163 e. The molecule has 0 aromatic heterocycles. The molecule has 1 aromatic carbocycles. The molecule has 4 rings (SSSR count). The molecule has 0 heterocycles. The highest BCUT2D eigenvalue weighted by atomic mass is 16.3. The molecule has 3 aliphatic rings. The van der Waals surface area contributed by atoms with Gasteiger partial charge in [-0.15, -0.1) is 0 Å². The smallest absolute Gasteiger partial charge is 0.163 e. The minimum atomic E-state index is -0.209. The molecule has 0 aliphatic heterocycles. The number of rotatable bonds is 0. The van der Waals surface area contributed by atoms with Crippen LogP contribution >= 0.6 is 0 Å². The van der Waals surface area contributed by atoms with Crippen LogP contribution in [-0.2, 0) is 0 Å². The maximum atomic E-state index is 12.5. The van der Waals surface area contributed by atoms with Gasteiger partial charge >= 0.3 is 0 Å². The van der Waals surface area contributed by atoms with Gasteiger partial charge < -0.3 is 10.2 Å². The quantitative estimate of drug-likeness (QED) is 0.769. The summed E-state index contributed by atoms with van der Waals surface area (Å²) in [5, 5.41) is 20.0. The molecule has 0 radical (unpaired) electrons. The van der Waals surface area contributed by atoms with Gasteiger partial charge in [-0.05, 0) is 66.5 Å². The van der Waals surface area contributed by atoms with Gasteiger partial charge in [0.15, 0.2) is 5.78 Å². The van der Waals surface area contributed by atoms with Gasteiger partial charge in [-0.3, -0.25) is 4.79 Å². The summed E-state index contributed by atoms with van der Waals surface area (Å²) in [5.74, 6) is 1.58. The lowest BCUT2D eigenvalue weighted by atomic mass is 9.55. The number of fused-ring (bicyclic) bond motifs is 5. The third-order valence-corrected chi connectivity index (χ3v) is 6.54. The Bertz CT molecular complexity index is 608. The minimum Gasteiger partial charge on any atom is -0.508 e. The number of ketones is 1. The second-order valence-corrected chi connectivity index (χ2v) is 7.41. The van der Waals surface area contributed by atoms with Crippen molar-refractivity contribution in [3.8, 4) is 5.75 Å². The highest BCUT2D eigenvalue weighted by Gasteiger charge is 2.55. The van der Waals surface area contributed by atoms with E-state index in [2.05, 4.69) is 6.92 Å². The van der Waals surface area contributed by atoms with Gasteiger partial charge in [-0.25, -0.2) is 0 Å². The fraction of sp³-hybridized carbons (Fsp3) is 0.611. The summed E-state index contributed by atoms with van der Waals surface area (Å²) in [6.07, 6.45) is 4.36. The molecule has 2 N–H and O–H groups in total. The predicted molar refractivity (Wildman–Crippen MR) is 79.4 cm³/mol. The zero-order valence-electron chi connectivity index (χ0n) is 12.4. The van der Waals surface area contributed by atoms with E-state index in [0.717, 1.165) is 36.8 Å². The summed E-state index contributed by atoms with van der Waals surface area (Å²) in [7, 11) is 0. The molecule has 3 aliphatic carbocycles. The first-order valence-corrected chi connectivity index (χ1v) is 8.05. The van der Waals surface area contributed by atoms with E-state index in [-0.39, 0.29) is 23.1 Å². The van der Waals surface area contributed by atoms with E-state index in [1.165, 1.54) is 0 Å². The Kier molecular flexibility index (Phi) is 2.74. The number of carbonyl (C=O) groups excluding carboxylic acids is 1. The van der Waals surface area contributed by atoms with E-state index in [9.17, 15) is 15.0 Å². The van der Waals surface area contributed by atoms with Crippen LogP contribution in [0.5, 0.6) is 5.75 Å². The van der Waals surface area contributed by atoms with Crippen molar-refractivity contribution in [1.82, 2.24) is 0 Å². The van der Waals surface area contributed by atoms with Gasteiger partial charge in [-0.2, -0.15) is 0 Å². The molecule has 112 valence electrons. The third kappa shape index (κ3) is 1.73. The summed E-state index contributed by atoms with van der Waals surface area (Å²) >= 11 is 0. The number of hydrogen-bond acceptors (Lipinski definition) is 3. The molecular weight excluding hydrogens is 264 g/mol. The molecule has 0 amide bonds. The lowest BCUT2D eigenvalue weighted by molar-refractivity contribution is -0.0208. The summed E-state index contributed by atoms with van der Waals surface area (Å²) < 4.78 is 0. The topological polar surface area (TPSA) is 57.5 Å². The Labute approximate surface area is 125 Å². The van der Waals surface area contributed by atoms with Gasteiger partial charge in [0.1, 0.15) is 5.75 Å².